The Bertz CT molecular complexity index is 1020. The minimum absolute atomic E-state index is 0.117. The Labute approximate surface area is 158 Å². The Balaban J connectivity index is 1.83. The molecule has 146 valence electrons. The summed E-state index contributed by atoms with van der Waals surface area (Å²) in [6.45, 7) is 3.50. The van der Waals surface area contributed by atoms with Crippen molar-refractivity contribution in [2.24, 2.45) is 0 Å². The average molecular weight is 391 g/mol. The Kier molecular flexibility index (Phi) is 5.22. The summed E-state index contributed by atoms with van der Waals surface area (Å²) >= 11 is 0. The predicted octanol–water partition coefficient (Wildman–Crippen LogP) is 4.96. The van der Waals surface area contributed by atoms with Crippen molar-refractivity contribution in [1.29, 1.82) is 0 Å². The number of anilines is 1. The Morgan fingerprint density at radius 3 is 2.50 bits per heavy atom. The summed E-state index contributed by atoms with van der Waals surface area (Å²) in [6, 6.07) is 10.3. The van der Waals surface area contributed by atoms with Crippen LogP contribution in [-0.4, -0.2) is 15.7 Å². The van der Waals surface area contributed by atoms with E-state index < -0.39 is 23.5 Å². The second-order valence-electron chi connectivity index (χ2n) is 6.37. The van der Waals surface area contributed by atoms with Gasteiger partial charge >= 0.3 is 6.18 Å². The normalized spacial score (nSPS) is 11.5. The minimum atomic E-state index is -4.42. The lowest BCUT2D eigenvalue weighted by Crippen LogP contribution is -2.13. The Morgan fingerprint density at radius 1 is 1.11 bits per heavy atom. The molecule has 0 aliphatic rings. The number of nitrogens with one attached hydrogen (secondary N) is 1. The van der Waals surface area contributed by atoms with E-state index in [9.17, 15) is 22.4 Å². The summed E-state index contributed by atoms with van der Waals surface area (Å²) in [5, 5.41) is 7.00. The van der Waals surface area contributed by atoms with Gasteiger partial charge in [0.1, 0.15) is 5.82 Å². The quantitative estimate of drug-likeness (QED) is 0.639. The largest absolute Gasteiger partial charge is 0.416 e. The minimum Gasteiger partial charge on any atom is -0.319 e. The van der Waals surface area contributed by atoms with E-state index in [1.807, 2.05) is 0 Å². The molecular formula is C20H17F4N3O. The molecule has 3 aromatic rings. The zero-order chi connectivity index (χ0) is 20.5. The molecule has 0 atom stereocenters. The van der Waals surface area contributed by atoms with E-state index in [4.69, 9.17) is 0 Å². The van der Waals surface area contributed by atoms with Crippen LogP contribution in [0.5, 0.6) is 0 Å². The first kappa shape index (κ1) is 19.6. The summed E-state index contributed by atoms with van der Waals surface area (Å²) in [5.74, 6) is -1.02. The van der Waals surface area contributed by atoms with Gasteiger partial charge in [-0.25, -0.2) is 4.39 Å². The van der Waals surface area contributed by atoms with Crippen LogP contribution in [0.15, 0.2) is 48.5 Å². The predicted molar refractivity (Wildman–Crippen MR) is 96.6 cm³/mol. The van der Waals surface area contributed by atoms with E-state index >= 15 is 0 Å². The number of carbonyl (C=O) groups is 1. The molecule has 1 amide bonds. The van der Waals surface area contributed by atoms with E-state index in [2.05, 4.69) is 10.4 Å². The summed E-state index contributed by atoms with van der Waals surface area (Å²) in [4.78, 5) is 12.4. The number of aromatic nitrogens is 2. The van der Waals surface area contributed by atoms with Crippen molar-refractivity contribution in [2.45, 2.75) is 26.6 Å². The van der Waals surface area contributed by atoms with E-state index in [1.54, 1.807) is 19.9 Å². The van der Waals surface area contributed by atoms with Crippen LogP contribution in [0.25, 0.3) is 0 Å². The third-order valence-electron chi connectivity index (χ3n) is 4.29. The second kappa shape index (κ2) is 7.46. The van der Waals surface area contributed by atoms with Gasteiger partial charge in [-0.05, 0) is 49.7 Å². The van der Waals surface area contributed by atoms with Gasteiger partial charge in [0.2, 0.25) is 0 Å². The van der Waals surface area contributed by atoms with E-state index in [0.717, 1.165) is 18.2 Å². The van der Waals surface area contributed by atoms with Crippen molar-refractivity contribution in [2.75, 3.05) is 5.32 Å². The number of hydrogen-bond acceptors (Lipinski definition) is 2. The number of amides is 1. The molecule has 0 bridgehead atoms. The van der Waals surface area contributed by atoms with Gasteiger partial charge in [0.15, 0.2) is 0 Å². The maximum absolute atomic E-state index is 13.3. The number of aryl methyl sites for hydroxylation is 1. The molecule has 0 saturated heterocycles. The number of alkyl halides is 3. The first-order chi connectivity index (χ1) is 13.1. The summed E-state index contributed by atoms with van der Waals surface area (Å²) in [5.41, 5.74) is 1.40. The van der Waals surface area contributed by atoms with E-state index in [1.165, 1.54) is 28.9 Å². The smallest absolute Gasteiger partial charge is 0.319 e. The highest BCUT2D eigenvalue weighted by molar-refractivity contribution is 6.04. The van der Waals surface area contributed by atoms with E-state index in [-0.39, 0.29) is 12.1 Å². The van der Waals surface area contributed by atoms with Gasteiger partial charge in [0, 0.05) is 5.56 Å². The summed E-state index contributed by atoms with van der Waals surface area (Å²) < 4.78 is 53.5. The number of hydrogen-bond donors (Lipinski definition) is 1. The highest BCUT2D eigenvalue weighted by Gasteiger charge is 2.30. The summed E-state index contributed by atoms with van der Waals surface area (Å²) in [6.07, 6.45) is -4.42. The molecule has 2 aromatic carbocycles. The fourth-order valence-corrected chi connectivity index (χ4v) is 2.87. The van der Waals surface area contributed by atoms with Crippen LogP contribution in [0.3, 0.4) is 0 Å². The van der Waals surface area contributed by atoms with Gasteiger partial charge in [-0.2, -0.15) is 18.3 Å². The first-order valence-corrected chi connectivity index (χ1v) is 8.42. The SMILES string of the molecule is Cc1nn(Cc2cccc(C(F)(F)F)c2)c(C)c1NC(=O)c1cccc(F)c1. The van der Waals surface area contributed by atoms with Crippen LogP contribution in [0.4, 0.5) is 23.2 Å². The number of benzene rings is 2. The van der Waals surface area contributed by atoms with Crippen LogP contribution in [0.2, 0.25) is 0 Å². The van der Waals surface area contributed by atoms with Crippen LogP contribution in [-0.2, 0) is 12.7 Å². The number of nitrogens with zero attached hydrogens (tertiary/aromatic N) is 2. The third-order valence-corrected chi connectivity index (χ3v) is 4.29. The molecule has 0 fully saturated rings. The molecule has 3 rings (SSSR count). The lowest BCUT2D eigenvalue weighted by molar-refractivity contribution is -0.137. The van der Waals surface area contributed by atoms with Crippen LogP contribution in [0.1, 0.15) is 32.9 Å². The fraction of sp³-hybridized carbons (Fsp3) is 0.200. The van der Waals surface area contributed by atoms with Gasteiger partial charge in [0.05, 0.1) is 29.2 Å². The first-order valence-electron chi connectivity index (χ1n) is 8.42. The highest BCUT2D eigenvalue weighted by Crippen LogP contribution is 2.30. The van der Waals surface area contributed by atoms with Crippen molar-refractivity contribution in [3.05, 3.63) is 82.4 Å². The maximum atomic E-state index is 13.3. The second-order valence-corrected chi connectivity index (χ2v) is 6.37. The van der Waals surface area contributed by atoms with Crippen molar-refractivity contribution < 1.29 is 22.4 Å². The molecule has 1 N–H and O–H groups in total. The number of carbonyl (C=O) groups excluding carboxylic acids is 1. The van der Waals surface area contributed by atoms with Crippen molar-refractivity contribution in [1.82, 2.24) is 9.78 Å². The highest BCUT2D eigenvalue weighted by atomic mass is 19.4. The monoisotopic (exact) mass is 391 g/mol. The molecular weight excluding hydrogens is 374 g/mol. The molecule has 28 heavy (non-hydrogen) atoms. The van der Waals surface area contributed by atoms with Gasteiger partial charge in [0.25, 0.3) is 5.91 Å². The molecule has 4 nitrogen and oxygen atoms in total. The van der Waals surface area contributed by atoms with Crippen LogP contribution < -0.4 is 5.32 Å². The number of rotatable bonds is 4. The average Bonchev–Trinajstić information content (AvgIpc) is 2.88. The molecule has 0 aliphatic carbocycles. The van der Waals surface area contributed by atoms with Crippen LogP contribution in [0, 0.1) is 19.7 Å². The topological polar surface area (TPSA) is 46.9 Å². The molecule has 0 unspecified atom stereocenters. The molecule has 0 radical (unpaired) electrons. The van der Waals surface area contributed by atoms with Gasteiger partial charge in [-0.1, -0.05) is 18.2 Å². The fourth-order valence-electron chi connectivity index (χ4n) is 2.87. The molecule has 0 spiro atoms. The van der Waals surface area contributed by atoms with E-state index in [0.29, 0.717) is 22.6 Å². The van der Waals surface area contributed by atoms with Crippen LogP contribution >= 0.6 is 0 Å². The summed E-state index contributed by atoms with van der Waals surface area (Å²) in [7, 11) is 0. The molecule has 0 aliphatic heterocycles. The third kappa shape index (κ3) is 4.21. The van der Waals surface area contributed by atoms with Gasteiger partial charge in [-0.3, -0.25) is 9.48 Å². The zero-order valence-electron chi connectivity index (χ0n) is 15.1. The van der Waals surface area contributed by atoms with Gasteiger partial charge in [-0.15, -0.1) is 0 Å². The Hall–Kier alpha value is -3.16. The van der Waals surface area contributed by atoms with Crippen molar-refractivity contribution in [3.8, 4) is 0 Å². The lowest BCUT2D eigenvalue weighted by atomic mass is 10.1. The molecule has 1 heterocycles. The van der Waals surface area contributed by atoms with Crippen molar-refractivity contribution >= 4 is 11.6 Å². The lowest BCUT2D eigenvalue weighted by Gasteiger charge is -2.10. The number of halogens is 4. The molecule has 8 heteroatoms. The van der Waals surface area contributed by atoms with Gasteiger partial charge < -0.3 is 5.32 Å². The zero-order valence-corrected chi connectivity index (χ0v) is 15.1. The standard InChI is InChI=1S/C20H17F4N3O/c1-12-18(25-19(28)15-6-4-8-17(21)10-15)13(2)27(26-12)11-14-5-3-7-16(9-14)20(22,23)24/h3-10H,11H2,1-2H3,(H,25,28). The maximum Gasteiger partial charge on any atom is 0.416 e. The molecule has 1 aromatic heterocycles. The molecule has 0 saturated carbocycles. The Morgan fingerprint density at radius 2 is 1.82 bits per heavy atom. The van der Waals surface area contributed by atoms with Crippen molar-refractivity contribution in [3.63, 3.8) is 0 Å².